The van der Waals surface area contributed by atoms with Crippen LogP contribution in [0.2, 0.25) is 0 Å². The van der Waals surface area contributed by atoms with Gasteiger partial charge in [0.15, 0.2) is 0 Å². The highest BCUT2D eigenvalue weighted by Crippen LogP contribution is 2.56. The molecule has 0 atom stereocenters. The van der Waals surface area contributed by atoms with Gasteiger partial charge in [-0.3, -0.25) is 0 Å². The predicted molar refractivity (Wildman–Crippen MR) is 254 cm³/mol. The molecule has 0 bridgehead atoms. The van der Waals surface area contributed by atoms with Crippen molar-refractivity contribution in [1.82, 2.24) is 4.57 Å². The molecule has 0 radical (unpaired) electrons. The Morgan fingerprint density at radius 3 is 1.63 bits per heavy atom. The molecule has 0 saturated heterocycles. The zero-order valence-electron chi connectivity index (χ0n) is 34.4. The third kappa shape index (κ3) is 4.82. The Labute approximate surface area is 351 Å². The summed E-state index contributed by atoms with van der Waals surface area (Å²) in [6, 6.07) is 72.3. The lowest BCUT2D eigenvalue weighted by atomic mass is 9.82. The molecule has 2 aliphatic rings. The van der Waals surface area contributed by atoms with Gasteiger partial charge in [-0.15, -0.1) is 0 Å². The highest BCUT2D eigenvalue weighted by Gasteiger charge is 2.39. The van der Waals surface area contributed by atoms with E-state index in [1.807, 2.05) is 0 Å². The minimum Gasteiger partial charge on any atom is -0.310 e. The highest BCUT2D eigenvalue weighted by molar-refractivity contribution is 6.11. The lowest BCUT2D eigenvalue weighted by Gasteiger charge is -2.30. The summed E-state index contributed by atoms with van der Waals surface area (Å²) in [5.74, 6) is 0. The Morgan fingerprint density at radius 2 is 0.883 bits per heavy atom. The first kappa shape index (κ1) is 34.8. The van der Waals surface area contributed by atoms with Gasteiger partial charge in [-0.2, -0.15) is 0 Å². The minimum atomic E-state index is -0.106. The second kappa shape index (κ2) is 12.7. The smallest absolute Gasteiger partial charge is 0.0543 e. The third-order valence-electron chi connectivity index (χ3n) is 13.8. The quantitative estimate of drug-likeness (QED) is 0.169. The van der Waals surface area contributed by atoms with Crippen molar-refractivity contribution in [2.75, 3.05) is 4.90 Å². The number of rotatable bonds is 5. The summed E-state index contributed by atoms with van der Waals surface area (Å²) >= 11 is 0. The molecule has 0 unspecified atom stereocenters. The lowest BCUT2D eigenvalue weighted by molar-refractivity contribution is 0.660. The molecule has 0 amide bonds. The van der Waals surface area contributed by atoms with Gasteiger partial charge in [0, 0.05) is 43.9 Å². The largest absolute Gasteiger partial charge is 0.310 e. The van der Waals surface area contributed by atoms with Gasteiger partial charge in [0.25, 0.3) is 0 Å². The van der Waals surface area contributed by atoms with Crippen LogP contribution >= 0.6 is 0 Å². The SMILES string of the molecule is CC1(C)c2ccccc2-c2cc(N(c3ccc(-c4cccc5c(-n6c7ccccc7c7ccccc76)cccc45)cc3)c3cccc4c3-c3ccccc3C4(C)C)ccc21. The summed E-state index contributed by atoms with van der Waals surface area (Å²) in [7, 11) is 0. The molecule has 10 aromatic rings. The van der Waals surface area contributed by atoms with Crippen LogP contribution in [0.4, 0.5) is 17.1 Å². The molecule has 0 saturated carbocycles. The van der Waals surface area contributed by atoms with Gasteiger partial charge >= 0.3 is 0 Å². The van der Waals surface area contributed by atoms with Crippen LogP contribution in [0.25, 0.3) is 71.6 Å². The number of benzene rings is 9. The van der Waals surface area contributed by atoms with Crippen LogP contribution in [0.1, 0.15) is 49.9 Å². The fourth-order valence-electron chi connectivity index (χ4n) is 10.9. The van der Waals surface area contributed by atoms with Crippen molar-refractivity contribution < 1.29 is 0 Å². The van der Waals surface area contributed by atoms with Gasteiger partial charge in [0.2, 0.25) is 0 Å². The number of anilines is 3. The van der Waals surface area contributed by atoms with Crippen LogP contribution in [0.3, 0.4) is 0 Å². The second-order valence-electron chi connectivity index (χ2n) is 17.7. The van der Waals surface area contributed by atoms with Crippen molar-refractivity contribution in [1.29, 1.82) is 0 Å². The van der Waals surface area contributed by atoms with Crippen molar-refractivity contribution in [3.8, 4) is 39.1 Å². The van der Waals surface area contributed by atoms with Crippen molar-refractivity contribution in [2.24, 2.45) is 0 Å². The molecule has 286 valence electrons. The van der Waals surface area contributed by atoms with Crippen LogP contribution in [0, 0.1) is 0 Å². The van der Waals surface area contributed by atoms with E-state index in [1.165, 1.54) is 99.6 Å². The predicted octanol–water partition coefficient (Wildman–Crippen LogP) is 15.7. The van der Waals surface area contributed by atoms with Gasteiger partial charge in [-0.1, -0.05) is 173 Å². The molecule has 2 heteroatoms. The normalized spacial score (nSPS) is 14.3. The van der Waals surface area contributed by atoms with Crippen molar-refractivity contribution in [3.05, 3.63) is 216 Å². The molecule has 12 rings (SSSR count). The van der Waals surface area contributed by atoms with Crippen molar-refractivity contribution in [3.63, 3.8) is 0 Å². The Hall–Kier alpha value is -7.16. The second-order valence-corrected chi connectivity index (χ2v) is 17.7. The Balaban J connectivity index is 1.03. The number of nitrogens with zero attached hydrogens (tertiary/aromatic N) is 2. The molecule has 0 fully saturated rings. The minimum absolute atomic E-state index is 0.0617. The van der Waals surface area contributed by atoms with Crippen molar-refractivity contribution >= 4 is 49.6 Å². The molecule has 0 spiro atoms. The molecule has 1 heterocycles. The maximum atomic E-state index is 2.50. The van der Waals surface area contributed by atoms with Gasteiger partial charge in [-0.05, 0) is 104 Å². The molecule has 0 aliphatic heterocycles. The summed E-state index contributed by atoms with van der Waals surface area (Å²) in [6.45, 7) is 9.45. The van der Waals surface area contributed by atoms with E-state index in [2.05, 4.69) is 231 Å². The van der Waals surface area contributed by atoms with Crippen LogP contribution in [-0.4, -0.2) is 4.57 Å². The molecule has 2 aliphatic carbocycles. The summed E-state index contributed by atoms with van der Waals surface area (Å²) in [6.07, 6.45) is 0. The van der Waals surface area contributed by atoms with Crippen LogP contribution in [-0.2, 0) is 10.8 Å². The first-order valence-electron chi connectivity index (χ1n) is 21.2. The van der Waals surface area contributed by atoms with Gasteiger partial charge in [-0.25, -0.2) is 0 Å². The number of para-hydroxylation sites is 2. The van der Waals surface area contributed by atoms with Gasteiger partial charge < -0.3 is 9.47 Å². The van der Waals surface area contributed by atoms with E-state index < -0.39 is 0 Å². The van der Waals surface area contributed by atoms with E-state index in [0.717, 1.165) is 11.4 Å². The fourth-order valence-corrected chi connectivity index (χ4v) is 10.9. The summed E-state index contributed by atoms with van der Waals surface area (Å²) in [4.78, 5) is 2.50. The molecule has 1 aromatic heterocycles. The average molecular weight is 769 g/mol. The number of hydrogen-bond donors (Lipinski definition) is 0. The van der Waals surface area contributed by atoms with E-state index in [0.29, 0.717) is 0 Å². The summed E-state index contributed by atoms with van der Waals surface area (Å²) in [5.41, 5.74) is 20.2. The van der Waals surface area contributed by atoms with Crippen molar-refractivity contribution in [2.45, 2.75) is 38.5 Å². The van der Waals surface area contributed by atoms with Crippen LogP contribution in [0.5, 0.6) is 0 Å². The van der Waals surface area contributed by atoms with Gasteiger partial charge in [0.05, 0.1) is 22.4 Å². The molecule has 2 nitrogen and oxygen atoms in total. The molecule has 0 N–H and O–H groups in total. The average Bonchev–Trinajstić information content (AvgIpc) is 3.83. The molecule has 60 heavy (non-hydrogen) atoms. The summed E-state index contributed by atoms with van der Waals surface area (Å²) < 4.78 is 2.44. The molecular weight excluding hydrogens is 725 g/mol. The monoisotopic (exact) mass is 768 g/mol. The van der Waals surface area contributed by atoms with Crippen LogP contribution in [0.15, 0.2) is 194 Å². The van der Waals surface area contributed by atoms with E-state index in [4.69, 9.17) is 0 Å². The topological polar surface area (TPSA) is 8.17 Å². The zero-order valence-corrected chi connectivity index (χ0v) is 34.4. The number of fused-ring (bicyclic) bond motifs is 10. The van der Waals surface area contributed by atoms with Gasteiger partial charge in [0.1, 0.15) is 0 Å². The summed E-state index contributed by atoms with van der Waals surface area (Å²) in [5, 5.41) is 5.01. The standard InChI is InChI=1S/C58H44N2/c1-57(2)48-23-9-5-16-42(48)47-36-39(34-35-50(47)57)59(55-29-15-25-51-56(55)46-19-6-10-24-49(46)58(51,3)4)38-32-30-37(31-33-38)40-20-13-22-43-41(40)21-14-28-54(43)60-52-26-11-7-17-44(52)45-18-8-12-27-53(45)60/h5-36H,1-4H3. The Bertz CT molecular complexity index is 3320. The third-order valence-corrected chi connectivity index (χ3v) is 13.8. The Kier molecular flexibility index (Phi) is 7.36. The molecule has 9 aromatic carbocycles. The first-order chi connectivity index (χ1) is 29.3. The number of hydrogen-bond acceptors (Lipinski definition) is 1. The maximum absolute atomic E-state index is 2.50. The maximum Gasteiger partial charge on any atom is 0.0543 e. The van der Waals surface area contributed by atoms with E-state index in [1.54, 1.807) is 0 Å². The zero-order chi connectivity index (χ0) is 40.3. The lowest BCUT2D eigenvalue weighted by Crippen LogP contribution is -2.16. The Morgan fingerprint density at radius 1 is 0.367 bits per heavy atom. The number of aromatic nitrogens is 1. The van der Waals surface area contributed by atoms with E-state index in [9.17, 15) is 0 Å². The van der Waals surface area contributed by atoms with Crippen LogP contribution < -0.4 is 4.90 Å². The fraction of sp³-hybridized carbons (Fsp3) is 0.103. The van der Waals surface area contributed by atoms with E-state index >= 15 is 0 Å². The molecular formula is C58H44N2. The first-order valence-corrected chi connectivity index (χ1v) is 21.2. The van der Waals surface area contributed by atoms with E-state index in [-0.39, 0.29) is 10.8 Å². The highest BCUT2D eigenvalue weighted by atomic mass is 15.1.